The Morgan fingerprint density at radius 1 is 1.37 bits per heavy atom. The van der Waals surface area contributed by atoms with Crippen molar-refractivity contribution in [3.63, 3.8) is 0 Å². The molecule has 6 rings (SSSR count). The van der Waals surface area contributed by atoms with E-state index in [9.17, 15) is 14.4 Å². The molecule has 2 N–H and O–H groups in total. The maximum Gasteiger partial charge on any atom is 0.242 e. The van der Waals surface area contributed by atoms with Gasteiger partial charge in [0.2, 0.25) is 11.8 Å². The summed E-state index contributed by atoms with van der Waals surface area (Å²) in [6.45, 7) is 4.86. The van der Waals surface area contributed by atoms with Crippen molar-refractivity contribution >= 4 is 17.6 Å². The van der Waals surface area contributed by atoms with Crippen molar-refractivity contribution in [1.29, 1.82) is 0 Å². The predicted molar refractivity (Wildman–Crippen MR) is 97.6 cm³/mol. The second-order valence-electron chi connectivity index (χ2n) is 9.81. The highest BCUT2D eigenvalue weighted by Gasteiger charge is 2.71. The Morgan fingerprint density at radius 2 is 2.19 bits per heavy atom. The molecule has 6 nitrogen and oxygen atoms in total. The molecule has 1 spiro atoms. The summed E-state index contributed by atoms with van der Waals surface area (Å²) in [5.74, 6) is 0.597. The van der Waals surface area contributed by atoms with E-state index in [0.29, 0.717) is 25.3 Å². The van der Waals surface area contributed by atoms with Crippen LogP contribution in [-0.2, 0) is 19.1 Å². The van der Waals surface area contributed by atoms with Crippen LogP contribution in [0.25, 0.3) is 0 Å². The van der Waals surface area contributed by atoms with Crippen LogP contribution < -0.4 is 10.6 Å². The van der Waals surface area contributed by atoms with Crippen molar-refractivity contribution in [2.75, 3.05) is 6.54 Å². The normalized spacial score (nSPS) is 49.4. The van der Waals surface area contributed by atoms with E-state index < -0.39 is 11.5 Å². The maximum atomic E-state index is 13.0. The number of ketones is 1. The number of allylic oxidation sites excluding steroid dienone is 2. The van der Waals surface area contributed by atoms with Gasteiger partial charge < -0.3 is 15.4 Å². The second kappa shape index (κ2) is 5.43. The molecular weight excluding hydrogens is 344 g/mol. The minimum Gasteiger partial charge on any atom is -0.371 e. The number of hydrogen-bond acceptors (Lipinski definition) is 4. The zero-order chi connectivity index (χ0) is 19.0. The van der Waals surface area contributed by atoms with Gasteiger partial charge in [0.15, 0.2) is 5.78 Å². The van der Waals surface area contributed by atoms with Crippen molar-refractivity contribution < 1.29 is 19.1 Å². The Kier molecular flexibility index (Phi) is 3.50. The minimum absolute atomic E-state index is 0.0417. The van der Waals surface area contributed by atoms with Crippen molar-refractivity contribution in [3.05, 3.63) is 12.2 Å². The van der Waals surface area contributed by atoms with Gasteiger partial charge >= 0.3 is 0 Å². The summed E-state index contributed by atoms with van der Waals surface area (Å²) in [5, 5.41) is 5.55. The number of hydrogen-bond donors (Lipinski definition) is 2. The molecule has 2 amide bonds. The molecule has 0 aromatic rings. The van der Waals surface area contributed by atoms with E-state index in [0.717, 1.165) is 19.3 Å². The number of carbonyl (C=O) groups excluding carboxylic acids is 3. The summed E-state index contributed by atoms with van der Waals surface area (Å²) in [6, 6.07) is -0.431. The molecule has 0 radical (unpaired) electrons. The number of nitrogens with one attached hydrogen (secondary N) is 2. The predicted octanol–water partition coefficient (Wildman–Crippen LogP) is 1.49. The molecule has 6 heteroatoms. The number of carbonyl (C=O) groups is 3. The van der Waals surface area contributed by atoms with Gasteiger partial charge in [0.1, 0.15) is 6.04 Å². The number of rotatable bonds is 4. The largest absolute Gasteiger partial charge is 0.371 e. The molecule has 0 aromatic heterocycles. The fourth-order valence-electron chi connectivity index (χ4n) is 7.01. The molecule has 146 valence electrons. The van der Waals surface area contributed by atoms with E-state index in [4.69, 9.17) is 4.74 Å². The van der Waals surface area contributed by atoms with Crippen LogP contribution in [0, 0.1) is 22.7 Å². The van der Waals surface area contributed by atoms with Gasteiger partial charge in [-0.25, -0.2) is 0 Å². The van der Waals surface area contributed by atoms with Gasteiger partial charge in [0.25, 0.3) is 0 Å². The first kappa shape index (κ1) is 17.4. The summed E-state index contributed by atoms with van der Waals surface area (Å²) in [5.41, 5.74) is -0.573. The van der Waals surface area contributed by atoms with Crippen LogP contribution in [0.1, 0.15) is 52.4 Å². The first-order valence-corrected chi connectivity index (χ1v) is 10.2. The van der Waals surface area contributed by atoms with E-state index in [2.05, 4.69) is 23.6 Å². The van der Waals surface area contributed by atoms with Gasteiger partial charge in [0.05, 0.1) is 11.7 Å². The average Bonchev–Trinajstić information content (AvgIpc) is 3.17. The molecule has 7 atom stereocenters. The molecule has 4 bridgehead atoms. The Labute approximate surface area is 159 Å². The van der Waals surface area contributed by atoms with Crippen LogP contribution in [-0.4, -0.2) is 41.9 Å². The second-order valence-corrected chi connectivity index (χ2v) is 9.81. The molecule has 5 unspecified atom stereocenters. The monoisotopic (exact) mass is 372 g/mol. The van der Waals surface area contributed by atoms with E-state index in [1.807, 2.05) is 6.92 Å². The first-order chi connectivity index (χ1) is 12.8. The third-order valence-electron chi connectivity index (χ3n) is 8.17. The van der Waals surface area contributed by atoms with Gasteiger partial charge in [-0.2, -0.15) is 0 Å². The van der Waals surface area contributed by atoms with E-state index >= 15 is 0 Å². The lowest BCUT2D eigenvalue weighted by Crippen LogP contribution is -2.56. The molecule has 3 aliphatic carbocycles. The van der Waals surface area contributed by atoms with E-state index in [-0.39, 0.29) is 47.1 Å². The van der Waals surface area contributed by atoms with E-state index in [1.54, 1.807) is 6.08 Å². The molecule has 5 fully saturated rings. The van der Waals surface area contributed by atoms with Gasteiger partial charge in [-0.1, -0.05) is 13.0 Å². The topological polar surface area (TPSA) is 84.5 Å². The van der Waals surface area contributed by atoms with Gasteiger partial charge in [-0.05, 0) is 56.4 Å². The van der Waals surface area contributed by atoms with Gasteiger partial charge in [0, 0.05) is 24.3 Å². The molecule has 3 saturated heterocycles. The summed E-state index contributed by atoms with van der Waals surface area (Å²) in [7, 11) is 0. The molecule has 0 aromatic carbocycles. The Balaban J connectivity index is 1.34. The van der Waals surface area contributed by atoms with Crippen molar-refractivity contribution in [1.82, 2.24) is 10.6 Å². The third kappa shape index (κ3) is 2.31. The van der Waals surface area contributed by atoms with Gasteiger partial charge in [-0.15, -0.1) is 0 Å². The maximum absolute atomic E-state index is 13.0. The van der Waals surface area contributed by atoms with Crippen LogP contribution in [0.4, 0.5) is 0 Å². The number of amides is 2. The Hall–Kier alpha value is -1.69. The molecular formula is C21H28N2O4. The molecule has 3 aliphatic heterocycles. The standard InChI is InChI=1S/C21H28N2O4/c1-19(6-4-16(25)23-13-5-8-22-18(13)26)15(24)3-7-21-10-12-9-14(17(19)21)27-20(12,2)11-21/h3,7,12-14,17H,4-6,8-11H2,1-2H3,(H,22,26)(H,23,25)/t12?,13-,14?,17?,19+,20?,21?/m0/s1. The highest BCUT2D eigenvalue weighted by atomic mass is 16.5. The number of ether oxygens (including phenoxy) is 1. The van der Waals surface area contributed by atoms with Crippen LogP contribution in [0.3, 0.4) is 0 Å². The summed E-state index contributed by atoms with van der Waals surface area (Å²) in [4.78, 5) is 37.1. The fraction of sp³-hybridized carbons (Fsp3) is 0.762. The lowest BCUT2D eigenvalue weighted by atomic mass is 9.51. The highest BCUT2D eigenvalue weighted by Crippen LogP contribution is 2.71. The zero-order valence-corrected chi connectivity index (χ0v) is 16.0. The van der Waals surface area contributed by atoms with Crippen molar-refractivity contribution in [2.24, 2.45) is 22.7 Å². The fourth-order valence-corrected chi connectivity index (χ4v) is 7.01. The quantitative estimate of drug-likeness (QED) is 0.783. The summed E-state index contributed by atoms with van der Waals surface area (Å²) in [6.07, 6.45) is 8.57. The molecule has 6 aliphatic rings. The van der Waals surface area contributed by atoms with Crippen LogP contribution in [0.5, 0.6) is 0 Å². The zero-order valence-electron chi connectivity index (χ0n) is 16.0. The lowest BCUT2D eigenvalue weighted by Gasteiger charge is -2.55. The Bertz CT molecular complexity index is 763. The van der Waals surface area contributed by atoms with Gasteiger partial charge in [-0.3, -0.25) is 14.4 Å². The van der Waals surface area contributed by atoms with Crippen LogP contribution in [0.15, 0.2) is 12.2 Å². The smallest absolute Gasteiger partial charge is 0.242 e. The third-order valence-corrected chi connectivity index (χ3v) is 8.17. The lowest BCUT2D eigenvalue weighted by molar-refractivity contribution is -0.169. The highest BCUT2D eigenvalue weighted by molar-refractivity contribution is 5.97. The average molecular weight is 372 g/mol. The summed E-state index contributed by atoms with van der Waals surface area (Å²) < 4.78 is 6.44. The first-order valence-electron chi connectivity index (χ1n) is 10.2. The van der Waals surface area contributed by atoms with Crippen molar-refractivity contribution in [2.45, 2.75) is 70.1 Å². The molecule has 2 saturated carbocycles. The van der Waals surface area contributed by atoms with Crippen LogP contribution in [0.2, 0.25) is 0 Å². The van der Waals surface area contributed by atoms with E-state index in [1.165, 1.54) is 0 Å². The Morgan fingerprint density at radius 3 is 2.89 bits per heavy atom. The summed E-state index contributed by atoms with van der Waals surface area (Å²) >= 11 is 0. The molecule has 3 heterocycles. The van der Waals surface area contributed by atoms with Crippen LogP contribution >= 0.6 is 0 Å². The SMILES string of the molecule is CC12CC34C=CC(=O)[C@@](C)(CCC(=O)N[C@H]5CCNC5=O)C3C(CC1C4)O2. The molecule has 27 heavy (non-hydrogen) atoms. The van der Waals surface area contributed by atoms with Crippen molar-refractivity contribution in [3.8, 4) is 0 Å². The minimum atomic E-state index is -0.578.